The first-order valence-electron chi connectivity index (χ1n) is 10.8. The van der Waals surface area contributed by atoms with Gasteiger partial charge in [-0.25, -0.2) is 4.68 Å². The van der Waals surface area contributed by atoms with E-state index in [4.69, 9.17) is 9.84 Å². The predicted molar refractivity (Wildman–Crippen MR) is 116 cm³/mol. The molecule has 1 amide bonds. The maximum absolute atomic E-state index is 13.1. The third-order valence-electron chi connectivity index (χ3n) is 5.86. The molecule has 0 aliphatic heterocycles. The molecule has 1 aromatic heterocycles. The van der Waals surface area contributed by atoms with Crippen LogP contribution in [0.15, 0.2) is 60.7 Å². The molecule has 1 heterocycles. The van der Waals surface area contributed by atoms with E-state index in [1.165, 1.54) is 12.8 Å². The van der Waals surface area contributed by atoms with Crippen LogP contribution >= 0.6 is 0 Å². The van der Waals surface area contributed by atoms with E-state index in [0.717, 1.165) is 42.0 Å². The molecule has 3 aromatic rings. The molecule has 5 nitrogen and oxygen atoms in total. The number of nitrogens with zero attached hydrogens (tertiary/aromatic N) is 3. The normalized spacial score (nSPS) is 15.8. The molecule has 0 spiro atoms. The Balaban J connectivity index is 1.53. The molecule has 2 aliphatic rings. The molecule has 0 saturated heterocycles. The van der Waals surface area contributed by atoms with E-state index in [1.54, 1.807) is 4.68 Å². The lowest BCUT2D eigenvalue weighted by atomic mass is 10.1. The van der Waals surface area contributed by atoms with Gasteiger partial charge < -0.3 is 9.64 Å². The third-order valence-corrected chi connectivity index (χ3v) is 5.86. The summed E-state index contributed by atoms with van der Waals surface area (Å²) in [4.78, 5) is 15.1. The predicted octanol–water partition coefficient (Wildman–Crippen LogP) is 5.03. The second kappa shape index (κ2) is 7.98. The zero-order valence-electron chi connectivity index (χ0n) is 17.3. The Hall–Kier alpha value is -3.08. The number of carbonyl (C=O) groups excluding carboxylic acids is 1. The van der Waals surface area contributed by atoms with Crippen LogP contribution in [0.5, 0.6) is 11.6 Å². The van der Waals surface area contributed by atoms with Gasteiger partial charge in [0, 0.05) is 25.1 Å². The number of carbonyl (C=O) groups is 1. The van der Waals surface area contributed by atoms with E-state index in [1.807, 2.05) is 55.6 Å². The van der Waals surface area contributed by atoms with Gasteiger partial charge in [-0.3, -0.25) is 4.79 Å². The zero-order valence-corrected chi connectivity index (χ0v) is 17.3. The van der Waals surface area contributed by atoms with Gasteiger partial charge in [-0.1, -0.05) is 48.5 Å². The minimum Gasteiger partial charge on any atom is -0.439 e. The molecule has 0 unspecified atom stereocenters. The van der Waals surface area contributed by atoms with Crippen LogP contribution in [-0.4, -0.2) is 27.1 Å². The fourth-order valence-electron chi connectivity index (χ4n) is 3.87. The van der Waals surface area contributed by atoms with Crippen molar-refractivity contribution in [2.24, 2.45) is 18.9 Å². The van der Waals surface area contributed by atoms with Gasteiger partial charge in [-0.05, 0) is 43.7 Å². The van der Waals surface area contributed by atoms with Crippen molar-refractivity contribution >= 4 is 5.91 Å². The Labute approximate surface area is 177 Å². The van der Waals surface area contributed by atoms with Crippen molar-refractivity contribution in [2.45, 2.75) is 32.2 Å². The first-order chi connectivity index (χ1) is 14.7. The molecule has 154 valence electrons. The molecular weight excluding hydrogens is 374 g/mol. The van der Waals surface area contributed by atoms with Crippen LogP contribution in [0.3, 0.4) is 0 Å². The summed E-state index contributed by atoms with van der Waals surface area (Å²) in [5, 5.41) is 4.80. The lowest BCUT2D eigenvalue weighted by molar-refractivity contribution is -0.133. The Morgan fingerprint density at radius 3 is 2.33 bits per heavy atom. The topological polar surface area (TPSA) is 47.4 Å². The lowest BCUT2D eigenvalue weighted by Gasteiger charge is -2.23. The molecule has 2 aromatic carbocycles. The standard InChI is InChI=1S/C25H27N3O2/c1-27-25(30-21-10-6-3-7-11-21)22(23(26-27)19-8-4-2-5-9-19)17-28(16-18-12-13-18)24(29)20-14-15-20/h2-11,18,20H,12-17H2,1H3. The SMILES string of the molecule is Cn1nc(-c2ccccc2)c(CN(CC2CC2)C(=O)C2CC2)c1Oc1ccccc1. The highest BCUT2D eigenvalue weighted by molar-refractivity contribution is 5.81. The van der Waals surface area contributed by atoms with E-state index in [2.05, 4.69) is 17.0 Å². The summed E-state index contributed by atoms with van der Waals surface area (Å²) in [6.45, 7) is 1.37. The number of rotatable bonds is 8. The maximum atomic E-state index is 13.1. The Morgan fingerprint density at radius 1 is 1.03 bits per heavy atom. The molecule has 2 fully saturated rings. The molecule has 30 heavy (non-hydrogen) atoms. The molecule has 2 saturated carbocycles. The van der Waals surface area contributed by atoms with Crippen LogP contribution in [0, 0.1) is 11.8 Å². The average molecular weight is 402 g/mol. The molecule has 2 aliphatic carbocycles. The molecule has 0 N–H and O–H groups in total. The van der Waals surface area contributed by atoms with Crippen LogP contribution in [0.25, 0.3) is 11.3 Å². The third kappa shape index (κ3) is 4.11. The van der Waals surface area contributed by atoms with E-state index in [0.29, 0.717) is 18.3 Å². The summed E-state index contributed by atoms with van der Waals surface area (Å²) in [5.74, 6) is 2.60. The first-order valence-corrected chi connectivity index (χ1v) is 10.8. The van der Waals surface area contributed by atoms with E-state index in [9.17, 15) is 4.79 Å². The fraction of sp³-hybridized carbons (Fsp3) is 0.360. The van der Waals surface area contributed by atoms with Crippen LogP contribution in [0.4, 0.5) is 0 Å². The minimum absolute atomic E-state index is 0.207. The van der Waals surface area contributed by atoms with Gasteiger partial charge in [0.2, 0.25) is 11.8 Å². The van der Waals surface area contributed by atoms with Crippen molar-refractivity contribution in [3.63, 3.8) is 0 Å². The lowest BCUT2D eigenvalue weighted by Crippen LogP contribution is -2.33. The van der Waals surface area contributed by atoms with Crippen molar-refractivity contribution < 1.29 is 9.53 Å². The van der Waals surface area contributed by atoms with Crippen LogP contribution in [0.2, 0.25) is 0 Å². The van der Waals surface area contributed by atoms with Crippen LogP contribution < -0.4 is 4.74 Å². The van der Waals surface area contributed by atoms with Crippen molar-refractivity contribution in [2.75, 3.05) is 6.54 Å². The summed E-state index contributed by atoms with van der Waals surface area (Å²) in [5.41, 5.74) is 2.90. The summed E-state index contributed by atoms with van der Waals surface area (Å²) < 4.78 is 8.08. The van der Waals surface area contributed by atoms with Gasteiger partial charge in [0.05, 0.1) is 12.1 Å². The molecule has 0 radical (unpaired) electrons. The Morgan fingerprint density at radius 2 is 1.70 bits per heavy atom. The Kier molecular flexibility index (Phi) is 5.03. The zero-order chi connectivity index (χ0) is 20.5. The van der Waals surface area contributed by atoms with Gasteiger partial charge >= 0.3 is 0 Å². The van der Waals surface area contributed by atoms with Crippen molar-refractivity contribution in [3.8, 4) is 22.9 Å². The number of amides is 1. The minimum atomic E-state index is 0.207. The van der Waals surface area contributed by atoms with E-state index >= 15 is 0 Å². The largest absolute Gasteiger partial charge is 0.439 e. The van der Waals surface area contributed by atoms with Crippen molar-refractivity contribution in [1.29, 1.82) is 0 Å². The monoisotopic (exact) mass is 401 g/mol. The molecular formula is C25H27N3O2. The molecule has 5 heteroatoms. The number of aromatic nitrogens is 2. The van der Waals surface area contributed by atoms with Gasteiger partial charge in [0.1, 0.15) is 11.4 Å². The highest BCUT2D eigenvalue weighted by Crippen LogP contribution is 2.38. The summed E-state index contributed by atoms with van der Waals surface area (Å²) in [6, 6.07) is 19.9. The number of benzene rings is 2. The average Bonchev–Trinajstić information content (AvgIpc) is 3.69. The van der Waals surface area contributed by atoms with Crippen LogP contribution in [-0.2, 0) is 18.4 Å². The molecule has 0 bridgehead atoms. The summed E-state index contributed by atoms with van der Waals surface area (Å²) >= 11 is 0. The molecule has 0 atom stereocenters. The van der Waals surface area contributed by atoms with Gasteiger partial charge in [-0.15, -0.1) is 0 Å². The number of hydrogen-bond donors (Lipinski definition) is 0. The number of aryl methyl sites for hydroxylation is 1. The smallest absolute Gasteiger partial charge is 0.225 e. The first kappa shape index (κ1) is 18.9. The quantitative estimate of drug-likeness (QED) is 0.532. The van der Waals surface area contributed by atoms with E-state index < -0.39 is 0 Å². The van der Waals surface area contributed by atoms with Gasteiger partial charge in [0.15, 0.2) is 0 Å². The number of ether oxygens (including phenoxy) is 1. The number of para-hydroxylation sites is 1. The van der Waals surface area contributed by atoms with Crippen molar-refractivity contribution in [3.05, 3.63) is 66.2 Å². The second-order valence-corrected chi connectivity index (χ2v) is 8.47. The molecule has 5 rings (SSSR count). The van der Waals surface area contributed by atoms with E-state index in [-0.39, 0.29) is 11.8 Å². The summed E-state index contributed by atoms with van der Waals surface area (Å²) in [6.07, 6.45) is 4.48. The second-order valence-electron chi connectivity index (χ2n) is 8.47. The number of hydrogen-bond acceptors (Lipinski definition) is 3. The highest BCUT2D eigenvalue weighted by atomic mass is 16.5. The fourth-order valence-corrected chi connectivity index (χ4v) is 3.87. The maximum Gasteiger partial charge on any atom is 0.225 e. The van der Waals surface area contributed by atoms with Crippen molar-refractivity contribution in [1.82, 2.24) is 14.7 Å². The van der Waals surface area contributed by atoms with Gasteiger partial charge in [0.25, 0.3) is 0 Å². The van der Waals surface area contributed by atoms with Crippen LogP contribution in [0.1, 0.15) is 31.2 Å². The highest BCUT2D eigenvalue weighted by Gasteiger charge is 2.37. The Bertz CT molecular complexity index is 1020. The summed E-state index contributed by atoms with van der Waals surface area (Å²) in [7, 11) is 1.90. The van der Waals surface area contributed by atoms with Gasteiger partial charge in [-0.2, -0.15) is 5.10 Å².